The Labute approximate surface area is 138 Å². The molecule has 132 valence electrons. The quantitative estimate of drug-likeness (QED) is 0.380. The van der Waals surface area contributed by atoms with Crippen molar-refractivity contribution in [3.8, 4) is 0 Å². The van der Waals surface area contributed by atoms with Gasteiger partial charge in [0.15, 0.2) is 0 Å². The van der Waals surface area contributed by atoms with Gasteiger partial charge in [0.2, 0.25) is 0 Å². The van der Waals surface area contributed by atoms with E-state index in [0.717, 1.165) is 31.5 Å². The molecule has 0 aromatic heterocycles. The smallest absolute Gasteiger partial charge is 0.120 e. The van der Waals surface area contributed by atoms with Crippen molar-refractivity contribution in [1.82, 2.24) is 0 Å². The van der Waals surface area contributed by atoms with Gasteiger partial charge in [-0.25, -0.2) is 0 Å². The fourth-order valence-corrected chi connectivity index (χ4v) is 1.37. The van der Waals surface area contributed by atoms with Gasteiger partial charge >= 0.3 is 0 Å². The molecule has 0 rings (SSSR count). The molecule has 3 nitrogen and oxygen atoms in total. The summed E-state index contributed by atoms with van der Waals surface area (Å²) in [6.45, 7) is 19.6. The van der Waals surface area contributed by atoms with Crippen molar-refractivity contribution in [2.24, 2.45) is 17.8 Å². The molecule has 3 heteroatoms. The molecule has 0 heterocycles. The molecule has 0 aromatic rings. The first-order valence-electron chi connectivity index (χ1n) is 8.60. The van der Waals surface area contributed by atoms with E-state index in [1.165, 1.54) is 6.42 Å². The SMILES string of the molecule is C=C(C)COCC(C)CC.CCC(C)COCC(C)CC=O. The van der Waals surface area contributed by atoms with Crippen molar-refractivity contribution in [3.63, 3.8) is 0 Å². The van der Waals surface area contributed by atoms with Crippen molar-refractivity contribution in [2.75, 3.05) is 26.4 Å². The summed E-state index contributed by atoms with van der Waals surface area (Å²) < 4.78 is 10.8. The number of aldehydes is 1. The topological polar surface area (TPSA) is 35.5 Å². The van der Waals surface area contributed by atoms with Crippen LogP contribution in [0.1, 0.15) is 60.8 Å². The Morgan fingerprint density at radius 3 is 1.82 bits per heavy atom. The highest BCUT2D eigenvalue weighted by molar-refractivity contribution is 5.49. The van der Waals surface area contributed by atoms with E-state index in [4.69, 9.17) is 9.47 Å². The van der Waals surface area contributed by atoms with Crippen LogP contribution in [-0.4, -0.2) is 32.7 Å². The van der Waals surface area contributed by atoms with E-state index in [2.05, 4.69) is 34.3 Å². The van der Waals surface area contributed by atoms with Gasteiger partial charge in [0.1, 0.15) is 6.29 Å². The van der Waals surface area contributed by atoms with Crippen LogP contribution in [0, 0.1) is 17.8 Å². The molecule has 3 atom stereocenters. The first-order chi connectivity index (χ1) is 10.4. The monoisotopic (exact) mass is 314 g/mol. The lowest BCUT2D eigenvalue weighted by molar-refractivity contribution is -0.109. The molecule has 0 amide bonds. The first-order valence-corrected chi connectivity index (χ1v) is 8.60. The molecular formula is C19H38O3. The van der Waals surface area contributed by atoms with Crippen LogP contribution in [0.25, 0.3) is 0 Å². The minimum absolute atomic E-state index is 0.367. The highest BCUT2D eigenvalue weighted by atomic mass is 16.5. The summed E-state index contributed by atoms with van der Waals surface area (Å²) in [7, 11) is 0. The van der Waals surface area contributed by atoms with Gasteiger partial charge in [0.25, 0.3) is 0 Å². The van der Waals surface area contributed by atoms with Gasteiger partial charge < -0.3 is 14.3 Å². The lowest BCUT2D eigenvalue weighted by atomic mass is 10.1. The van der Waals surface area contributed by atoms with E-state index in [9.17, 15) is 4.79 Å². The summed E-state index contributed by atoms with van der Waals surface area (Å²) >= 11 is 0. The molecule has 0 radical (unpaired) electrons. The summed E-state index contributed by atoms with van der Waals surface area (Å²) in [5.41, 5.74) is 1.10. The van der Waals surface area contributed by atoms with Crippen LogP contribution < -0.4 is 0 Å². The molecule has 0 saturated heterocycles. The van der Waals surface area contributed by atoms with Gasteiger partial charge in [-0.3, -0.25) is 0 Å². The van der Waals surface area contributed by atoms with Crippen LogP contribution in [0.5, 0.6) is 0 Å². The third-order valence-corrected chi connectivity index (χ3v) is 3.45. The van der Waals surface area contributed by atoms with Gasteiger partial charge in [-0.15, -0.1) is 0 Å². The lowest BCUT2D eigenvalue weighted by Crippen LogP contribution is -2.11. The Morgan fingerprint density at radius 2 is 1.41 bits per heavy atom. The van der Waals surface area contributed by atoms with E-state index in [1.54, 1.807) is 0 Å². The van der Waals surface area contributed by atoms with Crippen molar-refractivity contribution in [1.29, 1.82) is 0 Å². The Kier molecular flexibility index (Phi) is 17.9. The highest BCUT2D eigenvalue weighted by Gasteiger charge is 2.03. The number of hydrogen-bond acceptors (Lipinski definition) is 3. The Hall–Kier alpha value is -0.670. The number of carbonyl (C=O) groups is 1. The maximum atomic E-state index is 10.1. The zero-order chi connectivity index (χ0) is 17.4. The molecule has 0 bridgehead atoms. The van der Waals surface area contributed by atoms with Gasteiger partial charge in [0.05, 0.1) is 6.61 Å². The van der Waals surface area contributed by atoms with E-state index >= 15 is 0 Å². The second-order valence-electron chi connectivity index (χ2n) is 6.54. The van der Waals surface area contributed by atoms with Gasteiger partial charge in [0, 0.05) is 26.2 Å². The molecule has 3 unspecified atom stereocenters. The zero-order valence-electron chi connectivity index (χ0n) is 15.7. The fraction of sp³-hybridized carbons (Fsp3) is 0.842. The minimum atomic E-state index is 0.367. The molecule has 0 N–H and O–H groups in total. The highest BCUT2D eigenvalue weighted by Crippen LogP contribution is 2.04. The number of carbonyl (C=O) groups excluding carboxylic acids is 1. The molecule has 22 heavy (non-hydrogen) atoms. The van der Waals surface area contributed by atoms with Crippen LogP contribution in [0.15, 0.2) is 12.2 Å². The Bertz CT molecular complexity index is 263. The van der Waals surface area contributed by atoms with Crippen molar-refractivity contribution in [2.45, 2.75) is 60.8 Å². The third kappa shape index (κ3) is 19.3. The molecule has 0 aliphatic carbocycles. The van der Waals surface area contributed by atoms with Crippen molar-refractivity contribution in [3.05, 3.63) is 12.2 Å². The standard InChI is InChI=1S/C10H20O2.C9H18O/c1-4-9(2)7-12-8-10(3)5-6-11;1-5-9(4)7-10-6-8(2)3/h6,9-10H,4-5,7-8H2,1-3H3;9H,2,5-7H2,1,3-4H3. The maximum absolute atomic E-state index is 10.1. The fourth-order valence-electron chi connectivity index (χ4n) is 1.37. The molecule has 0 aliphatic heterocycles. The van der Waals surface area contributed by atoms with Crippen molar-refractivity contribution >= 4 is 6.29 Å². The number of ether oxygens (including phenoxy) is 2. The molecule has 0 spiro atoms. The van der Waals surface area contributed by atoms with Crippen LogP contribution >= 0.6 is 0 Å². The van der Waals surface area contributed by atoms with Crippen LogP contribution in [0.3, 0.4) is 0 Å². The van der Waals surface area contributed by atoms with Gasteiger partial charge in [-0.1, -0.05) is 59.6 Å². The number of hydrogen-bond donors (Lipinski definition) is 0. The van der Waals surface area contributed by atoms with Crippen LogP contribution in [-0.2, 0) is 14.3 Å². The molecule has 0 aromatic carbocycles. The summed E-state index contributed by atoms with van der Waals surface area (Å²) in [5.74, 6) is 1.68. The van der Waals surface area contributed by atoms with Crippen molar-refractivity contribution < 1.29 is 14.3 Å². The average Bonchev–Trinajstić information content (AvgIpc) is 2.47. The normalized spacial score (nSPS) is 14.5. The summed E-state index contributed by atoms with van der Waals surface area (Å²) in [6, 6.07) is 0. The van der Waals surface area contributed by atoms with E-state index in [-0.39, 0.29) is 0 Å². The van der Waals surface area contributed by atoms with E-state index in [0.29, 0.717) is 37.4 Å². The minimum Gasteiger partial charge on any atom is -0.381 e. The predicted molar refractivity (Wildman–Crippen MR) is 95.2 cm³/mol. The summed E-state index contributed by atoms with van der Waals surface area (Å²) in [6.07, 6.45) is 3.91. The first kappa shape index (κ1) is 23.6. The Balaban J connectivity index is 0. The largest absolute Gasteiger partial charge is 0.381 e. The third-order valence-electron chi connectivity index (χ3n) is 3.45. The second kappa shape index (κ2) is 16.7. The molecular weight excluding hydrogens is 276 g/mol. The van der Waals surface area contributed by atoms with E-state index in [1.807, 2.05) is 13.8 Å². The molecule has 0 aliphatic rings. The summed E-state index contributed by atoms with van der Waals surface area (Å²) in [4.78, 5) is 10.1. The maximum Gasteiger partial charge on any atom is 0.120 e. The van der Waals surface area contributed by atoms with Crippen LogP contribution in [0.4, 0.5) is 0 Å². The molecule has 0 saturated carbocycles. The van der Waals surface area contributed by atoms with E-state index < -0.39 is 0 Å². The van der Waals surface area contributed by atoms with Crippen LogP contribution in [0.2, 0.25) is 0 Å². The van der Waals surface area contributed by atoms with Gasteiger partial charge in [-0.2, -0.15) is 0 Å². The lowest BCUT2D eigenvalue weighted by Gasteiger charge is -2.12. The summed E-state index contributed by atoms with van der Waals surface area (Å²) in [5, 5.41) is 0. The zero-order valence-corrected chi connectivity index (χ0v) is 15.7. The average molecular weight is 315 g/mol. The van der Waals surface area contributed by atoms with Gasteiger partial charge in [-0.05, 0) is 24.7 Å². The molecule has 0 fully saturated rings. The Morgan fingerprint density at radius 1 is 0.955 bits per heavy atom. The second-order valence-corrected chi connectivity index (χ2v) is 6.54. The predicted octanol–water partition coefficient (Wildman–Crippen LogP) is 4.90. The number of rotatable bonds is 12.